The number of nitrogens with zero attached hydrogens (tertiary/aromatic N) is 1. The van der Waals surface area contributed by atoms with Crippen LogP contribution in [0.3, 0.4) is 0 Å². The molecule has 0 bridgehead atoms. The summed E-state index contributed by atoms with van der Waals surface area (Å²) in [5.74, 6) is -0.599. The first-order chi connectivity index (χ1) is 9.53. The van der Waals surface area contributed by atoms with E-state index in [2.05, 4.69) is 0 Å². The van der Waals surface area contributed by atoms with Crippen molar-refractivity contribution < 1.29 is 14.0 Å². The molecule has 1 aromatic rings. The number of anilines is 1. The van der Waals surface area contributed by atoms with E-state index in [4.69, 9.17) is 0 Å². The third kappa shape index (κ3) is 2.16. The maximum atomic E-state index is 13.2. The van der Waals surface area contributed by atoms with E-state index in [0.717, 1.165) is 32.1 Å². The third-order valence-electron chi connectivity index (χ3n) is 4.36. The zero-order valence-corrected chi connectivity index (χ0v) is 13.2. The number of hydrogen-bond acceptors (Lipinski definition) is 2. The van der Waals surface area contributed by atoms with Gasteiger partial charge in [-0.3, -0.25) is 9.59 Å². The minimum Gasteiger partial charge on any atom is -0.274 e. The average Bonchev–Trinajstić information content (AvgIpc) is 2.63. The second-order valence-electron chi connectivity index (χ2n) is 5.65. The first-order valence-electron chi connectivity index (χ1n) is 6.86. The molecular formula is C15H15FINO2. The maximum Gasteiger partial charge on any atom is 0.240 e. The van der Waals surface area contributed by atoms with Crippen molar-refractivity contribution in [1.82, 2.24) is 0 Å². The van der Waals surface area contributed by atoms with Crippen LogP contribution in [-0.4, -0.2) is 11.8 Å². The number of imide groups is 1. The van der Waals surface area contributed by atoms with Gasteiger partial charge in [0.15, 0.2) is 0 Å². The highest BCUT2D eigenvalue weighted by Crippen LogP contribution is 2.47. The number of carbonyl (C=O) groups excluding carboxylic acids is 2. The van der Waals surface area contributed by atoms with Crippen LogP contribution in [0.1, 0.15) is 38.5 Å². The summed E-state index contributed by atoms with van der Waals surface area (Å²) in [7, 11) is 0. The molecule has 1 saturated heterocycles. The maximum absolute atomic E-state index is 13.2. The van der Waals surface area contributed by atoms with Gasteiger partial charge in [0, 0.05) is 9.99 Å². The van der Waals surface area contributed by atoms with Gasteiger partial charge in [-0.25, -0.2) is 9.29 Å². The van der Waals surface area contributed by atoms with Gasteiger partial charge in [-0.05, 0) is 53.6 Å². The van der Waals surface area contributed by atoms with Gasteiger partial charge in [0.05, 0.1) is 11.1 Å². The first-order valence-corrected chi connectivity index (χ1v) is 7.94. The van der Waals surface area contributed by atoms with Crippen molar-refractivity contribution in [2.45, 2.75) is 38.5 Å². The summed E-state index contributed by atoms with van der Waals surface area (Å²) >= 11 is 1.97. The molecule has 0 radical (unpaired) electrons. The molecule has 0 atom stereocenters. The second kappa shape index (κ2) is 5.09. The SMILES string of the molecule is O=C1CC2(CCCCC2)C(=O)N1c1ccc(F)cc1I. The molecule has 0 N–H and O–H groups in total. The normalized spacial score (nSPS) is 21.8. The molecular weight excluding hydrogens is 372 g/mol. The highest BCUT2D eigenvalue weighted by Gasteiger charge is 2.52. The minimum atomic E-state index is -0.493. The van der Waals surface area contributed by atoms with Crippen molar-refractivity contribution in [3.8, 4) is 0 Å². The van der Waals surface area contributed by atoms with Crippen molar-refractivity contribution in [1.29, 1.82) is 0 Å². The van der Waals surface area contributed by atoms with Crippen molar-refractivity contribution >= 4 is 40.1 Å². The van der Waals surface area contributed by atoms with E-state index < -0.39 is 5.41 Å². The van der Waals surface area contributed by atoms with E-state index in [-0.39, 0.29) is 17.6 Å². The number of halogens is 2. The van der Waals surface area contributed by atoms with Crippen molar-refractivity contribution in [3.63, 3.8) is 0 Å². The van der Waals surface area contributed by atoms with E-state index in [0.29, 0.717) is 15.7 Å². The monoisotopic (exact) mass is 387 g/mol. The zero-order chi connectivity index (χ0) is 14.3. The van der Waals surface area contributed by atoms with Crippen molar-refractivity contribution in [3.05, 3.63) is 27.6 Å². The predicted octanol–water partition coefficient (Wildman–Crippen LogP) is 3.64. The lowest BCUT2D eigenvalue weighted by molar-refractivity contribution is -0.127. The van der Waals surface area contributed by atoms with Crippen molar-refractivity contribution in [2.24, 2.45) is 5.41 Å². The topological polar surface area (TPSA) is 37.4 Å². The Balaban J connectivity index is 1.98. The van der Waals surface area contributed by atoms with E-state index in [1.807, 2.05) is 22.6 Å². The third-order valence-corrected chi connectivity index (χ3v) is 5.22. The fourth-order valence-electron chi connectivity index (χ4n) is 3.32. The number of rotatable bonds is 1. The quantitative estimate of drug-likeness (QED) is 0.545. The number of hydrogen-bond donors (Lipinski definition) is 0. The van der Waals surface area contributed by atoms with Crippen LogP contribution in [-0.2, 0) is 9.59 Å². The molecule has 1 heterocycles. The molecule has 0 unspecified atom stereocenters. The van der Waals surface area contributed by atoms with E-state index >= 15 is 0 Å². The summed E-state index contributed by atoms with van der Waals surface area (Å²) in [5, 5.41) is 0. The second-order valence-corrected chi connectivity index (χ2v) is 6.81. The molecule has 2 fully saturated rings. The van der Waals surface area contributed by atoms with E-state index in [1.165, 1.54) is 23.1 Å². The molecule has 3 rings (SSSR count). The minimum absolute atomic E-state index is 0.0910. The summed E-state index contributed by atoms with van der Waals surface area (Å²) in [6.07, 6.45) is 5.05. The summed E-state index contributed by atoms with van der Waals surface area (Å²) in [6, 6.07) is 4.17. The van der Waals surface area contributed by atoms with Crippen LogP contribution in [0.2, 0.25) is 0 Å². The highest BCUT2D eigenvalue weighted by atomic mass is 127. The van der Waals surface area contributed by atoms with Gasteiger partial charge in [-0.1, -0.05) is 19.3 Å². The molecule has 1 saturated carbocycles. The van der Waals surface area contributed by atoms with Crippen LogP contribution in [0, 0.1) is 14.8 Å². The van der Waals surface area contributed by atoms with E-state index in [9.17, 15) is 14.0 Å². The predicted molar refractivity (Wildman–Crippen MR) is 81.7 cm³/mol. The standard InChI is InChI=1S/C15H15FINO2/c16-10-4-5-12(11(17)8-10)18-13(19)9-15(14(18)20)6-2-1-3-7-15/h4-5,8H,1-3,6-7,9H2. The number of carbonyl (C=O) groups is 2. The smallest absolute Gasteiger partial charge is 0.240 e. The summed E-state index contributed by atoms with van der Waals surface area (Å²) < 4.78 is 13.8. The van der Waals surface area contributed by atoms with Crippen LogP contribution in [0.25, 0.3) is 0 Å². The Bertz CT molecular complexity index is 581. The van der Waals surface area contributed by atoms with Gasteiger partial charge in [0.1, 0.15) is 5.82 Å². The lowest BCUT2D eigenvalue weighted by Crippen LogP contribution is -2.37. The molecule has 1 aliphatic carbocycles. The molecule has 2 aliphatic rings. The first kappa shape index (κ1) is 14.0. The Kier molecular flexibility index (Phi) is 3.56. The number of amides is 2. The molecule has 0 aromatic heterocycles. The molecule has 1 aromatic carbocycles. The Morgan fingerprint density at radius 2 is 1.85 bits per heavy atom. The van der Waals surface area contributed by atoms with Crippen molar-refractivity contribution in [2.75, 3.05) is 4.90 Å². The Labute approximate surface area is 130 Å². The lowest BCUT2D eigenvalue weighted by atomic mass is 9.73. The molecule has 106 valence electrons. The molecule has 5 heteroatoms. The van der Waals surface area contributed by atoms with Gasteiger partial charge in [0.25, 0.3) is 0 Å². The van der Waals surface area contributed by atoms with Crippen LogP contribution >= 0.6 is 22.6 Å². The van der Waals surface area contributed by atoms with Gasteiger partial charge >= 0.3 is 0 Å². The lowest BCUT2D eigenvalue weighted by Gasteiger charge is -2.30. The van der Waals surface area contributed by atoms with Gasteiger partial charge < -0.3 is 0 Å². The fourth-order valence-corrected chi connectivity index (χ4v) is 4.04. The van der Waals surface area contributed by atoms with Crippen LogP contribution in [0.4, 0.5) is 10.1 Å². The Morgan fingerprint density at radius 3 is 2.50 bits per heavy atom. The molecule has 1 spiro atoms. The summed E-state index contributed by atoms with van der Waals surface area (Å²) in [5.41, 5.74) is 0.0248. The Hall–Kier alpha value is -0.980. The van der Waals surface area contributed by atoms with Crippen LogP contribution in [0.5, 0.6) is 0 Å². The Morgan fingerprint density at radius 1 is 1.15 bits per heavy atom. The highest BCUT2D eigenvalue weighted by molar-refractivity contribution is 14.1. The van der Waals surface area contributed by atoms with Gasteiger partial charge in [0.2, 0.25) is 11.8 Å². The largest absolute Gasteiger partial charge is 0.274 e. The number of benzene rings is 1. The van der Waals surface area contributed by atoms with E-state index in [1.54, 1.807) is 0 Å². The van der Waals surface area contributed by atoms with Gasteiger partial charge in [-0.2, -0.15) is 0 Å². The summed E-state index contributed by atoms with van der Waals surface area (Å²) in [6.45, 7) is 0. The fraction of sp³-hybridized carbons (Fsp3) is 0.467. The van der Waals surface area contributed by atoms with Crippen LogP contribution < -0.4 is 4.90 Å². The zero-order valence-electron chi connectivity index (χ0n) is 11.0. The van der Waals surface area contributed by atoms with Crippen LogP contribution in [0.15, 0.2) is 18.2 Å². The molecule has 20 heavy (non-hydrogen) atoms. The average molecular weight is 387 g/mol. The molecule has 2 amide bonds. The molecule has 3 nitrogen and oxygen atoms in total. The van der Waals surface area contributed by atoms with Gasteiger partial charge in [-0.15, -0.1) is 0 Å². The summed E-state index contributed by atoms with van der Waals surface area (Å²) in [4.78, 5) is 26.3. The molecule has 1 aliphatic heterocycles.